The van der Waals surface area contributed by atoms with Crippen molar-refractivity contribution in [1.82, 2.24) is 0 Å². The highest BCUT2D eigenvalue weighted by Gasteiger charge is 2.18. The molecule has 0 aliphatic rings. The molecule has 0 radical (unpaired) electrons. The van der Waals surface area contributed by atoms with Crippen molar-refractivity contribution in [2.75, 3.05) is 12.5 Å². The van der Waals surface area contributed by atoms with Gasteiger partial charge >= 0.3 is 0 Å². The van der Waals surface area contributed by atoms with E-state index in [1.165, 1.54) is 64.2 Å². The van der Waals surface area contributed by atoms with Crippen LogP contribution >= 0.6 is 23.5 Å². The first-order valence-corrected chi connectivity index (χ1v) is 11.4. The molecule has 0 heterocycles. The number of hydrogen-bond acceptors (Lipinski definition) is 3. The van der Waals surface area contributed by atoms with E-state index in [9.17, 15) is 4.79 Å². The quantitative estimate of drug-likeness (QED) is 0.242. The highest BCUT2D eigenvalue weighted by atomic mass is 32.2. The van der Waals surface area contributed by atoms with Crippen LogP contribution in [0.3, 0.4) is 0 Å². The van der Waals surface area contributed by atoms with Crippen LogP contribution < -0.4 is 0 Å². The van der Waals surface area contributed by atoms with Crippen molar-refractivity contribution >= 4 is 29.8 Å². The Morgan fingerprint density at radius 2 is 1.24 bits per heavy atom. The molecule has 0 aliphatic heterocycles. The van der Waals surface area contributed by atoms with E-state index >= 15 is 0 Å². The Kier molecular flexibility index (Phi) is 17.0. The Morgan fingerprint density at radius 3 is 1.71 bits per heavy atom. The zero-order chi connectivity index (χ0) is 15.8. The molecule has 0 N–H and O–H groups in total. The van der Waals surface area contributed by atoms with Crippen molar-refractivity contribution in [2.45, 2.75) is 94.5 Å². The highest BCUT2D eigenvalue weighted by molar-refractivity contribution is 8.03. The van der Waals surface area contributed by atoms with Gasteiger partial charge in [0.1, 0.15) is 6.29 Å². The van der Waals surface area contributed by atoms with Gasteiger partial charge in [-0.2, -0.15) is 23.5 Å². The minimum atomic E-state index is 0.752. The SMILES string of the molecule is CCCCCC(SC)C(CCCCCCCCC=O)SC. The lowest BCUT2D eigenvalue weighted by Gasteiger charge is -2.24. The van der Waals surface area contributed by atoms with E-state index in [0.717, 1.165) is 29.6 Å². The van der Waals surface area contributed by atoms with E-state index in [2.05, 4.69) is 43.0 Å². The van der Waals surface area contributed by atoms with E-state index in [1.54, 1.807) is 0 Å². The van der Waals surface area contributed by atoms with Gasteiger partial charge in [-0.05, 0) is 31.8 Å². The Hall–Kier alpha value is 0.370. The fourth-order valence-corrected chi connectivity index (χ4v) is 5.14. The molecule has 0 fully saturated rings. The third-order valence-corrected chi connectivity index (χ3v) is 6.68. The first-order valence-electron chi connectivity index (χ1n) is 8.79. The van der Waals surface area contributed by atoms with Crippen LogP contribution in [0.4, 0.5) is 0 Å². The van der Waals surface area contributed by atoms with Gasteiger partial charge in [0.25, 0.3) is 0 Å². The van der Waals surface area contributed by atoms with Gasteiger partial charge in [0.2, 0.25) is 0 Å². The molecule has 0 amide bonds. The van der Waals surface area contributed by atoms with E-state index in [-0.39, 0.29) is 0 Å². The maximum absolute atomic E-state index is 10.2. The molecule has 0 saturated heterocycles. The Labute approximate surface area is 141 Å². The van der Waals surface area contributed by atoms with Crippen molar-refractivity contribution in [1.29, 1.82) is 0 Å². The van der Waals surface area contributed by atoms with Crippen molar-refractivity contribution in [3.8, 4) is 0 Å². The second-order valence-electron chi connectivity index (χ2n) is 5.91. The second-order valence-corrected chi connectivity index (χ2v) is 8.06. The molecule has 21 heavy (non-hydrogen) atoms. The number of hydrogen-bond donors (Lipinski definition) is 0. The van der Waals surface area contributed by atoms with Crippen LogP contribution in [0, 0.1) is 0 Å². The minimum Gasteiger partial charge on any atom is -0.303 e. The summed E-state index contributed by atoms with van der Waals surface area (Å²) in [7, 11) is 0. The fourth-order valence-electron chi connectivity index (χ4n) is 2.79. The largest absolute Gasteiger partial charge is 0.303 e. The number of thioether (sulfide) groups is 2. The molecule has 0 bridgehead atoms. The number of aldehydes is 1. The van der Waals surface area contributed by atoms with Gasteiger partial charge < -0.3 is 4.79 Å². The summed E-state index contributed by atoms with van der Waals surface area (Å²) in [6, 6.07) is 0. The van der Waals surface area contributed by atoms with Gasteiger partial charge in [-0.15, -0.1) is 0 Å². The van der Waals surface area contributed by atoms with Crippen LogP contribution in [0.25, 0.3) is 0 Å². The van der Waals surface area contributed by atoms with Crippen molar-refractivity contribution in [2.24, 2.45) is 0 Å². The van der Waals surface area contributed by atoms with Crippen LogP contribution in [0.15, 0.2) is 0 Å². The van der Waals surface area contributed by atoms with Crippen molar-refractivity contribution < 1.29 is 4.79 Å². The smallest absolute Gasteiger partial charge is 0.119 e. The minimum absolute atomic E-state index is 0.752. The maximum atomic E-state index is 10.2. The summed E-state index contributed by atoms with van der Waals surface area (Å²) in [6.45, 7) is 2.29. The molecule has 0 aromatic rings. The third kappa shape index (κ3) is 12.6. The molecule has 0 aromatic heterocycles. The van der Waals surface area contributed by atoms with E-state index < -0.39 is 0 Å². The summed E-state index contributed by atoms with van der Waals surface area (Å²) in [4.78, 5) is 10.2. The number of rotatable bonds is 16. The standard InChI is InChI=1S/C18H36OS2/c1-4-5-11-14-17(20-2)18(21-3)15-12-9-7-6-8-10-13-16-19/h16-18H,4-15H2,1-3H3. The number of carbonyl (C=O) groups is 1. The molecule has 2 atom stereocenters. The lowest BCUT2D eigenvalue weighted by Crippen LogP contribution is -2.19. The van der Waals surface area contributed by atoms with E-state index in [0.29, 0.717) is 0 Å². The van der Waals surface area contributed by atoms with Gasteiger partial charge in [0.05, 0.1) is 0 Å². The first-order chi connectivity index (χ1) is 10.3. The molecule has 3 heteroatoms. The molecular formula is C18H36OS2. The lowest BCUT2D eigenvalue weighted by molar-refractivity contribution is -0.107. The maximum Gasteiger partial charge on any atom is 0.119 e. The van der Waals surface area contributed by atoms with Gasteiger partial charge in [-0.1, -0.05) is 58.3 Å². The number of unbranched alkanes of at least 4 members (excludes halogenated alkanes) is 8. The molecule has 0 saturated carbocycles. The van der Waals surface area contributed by atoms with Crippen molar-refractivity contribution in [3.63, 3.8) is 0 Å². The van der Waals surface area contributed by atoms with Crippen LogP contribution in [-0.2, 0) is 4.79 Å². The average molecular weight is 333 g/mol. The van der Waals surface area contributed by atoms with Gasteiger partial charge in [0.15, 0.2) is 0 Å². The molecule has 0 aromatic carbocycles. The van der Waals surface area contributed by atoms with Crippen LogP contribution in [0.2, 0.25) is 0 Å². The van der Waals surface area contributed by atoms with Gasteiger partial charge in [0, 0.05) is 16.9 Å². The monoisotopic (exact) mass is 332 g/mol. The molecular weight excluding hydrogens is 296 g/mol. The average Bonchev–Trinajstić information content (AvgIpc) is 2.51. The first kappa shape index (κ1) is 21.4. The van der Waals surface area contributed by atoms with Crippen LogP contribution in [-0.4, -0.2) is 29.3 Å². The normalized spacial score (nSPS) is 14.0. The Morgan fingerprint density at radius 1 is 0.762 bits per heavy atom. The molecule has 0 rings (SSSR count). The zero-order valence-corrected chi connectivity index (χ0v) is 16.1. The van der Waals surface area contributed by atoms with Crippen LogP contribution in [0.5, 0.6) is 0 Å². The summed E-state index contributed by atoms with van der Waals surface area (Å²) in [5, 5.41) is 1.69. The highest BCUT2D eigenvalue weighted by Crippen LogP contribution is 2.30. The predicted molar refractivity (Wildman–Crippen MR) is 102 cm³/mol. The van der Waals surface area contributed by atoms with Crippen LogP contribution in [0.1, 0.15) is 84.0 Å². The topological polar surface area (TPSA) is 17.1 Å². The predicted octanol–water partition coefficient (Wildman–Crippen LogP) is 6.35. The molecule has 0 spiro atoms. The summed E-state index contributed by atoms with van der Waals surface area (Å²) in [6.07, 6.45) is 21.0. The van der Waals surface area contributed by atoms with Crippen molar-refractivity contribution in [3.05, 3.63) is 0 Å². The number of carbonyl (C=O) groups excluding carboxylic acids is 1. The Bertz CT molecular complexity index is 221. The summed E-state index contributed by atoms with van der Waals surface area (Å²) in [5.74, 6) is 0. The zero-order valence-electron chi connectivity index (χ0n) is 14.4. The summed E-state index contributed by atoms with van der Waals surface area (Å²) >= 11 is 4.15. The van der Waals surface area contributed by atoms with E-state index in [1.807, 2.05) is 0 Å². The Balaban J connectivity index is 3.68. The molecule has 126 valence electrons. The summed E-state index contributed by atoms with van der Waals surface area (Å²) in [5.41, 5.74) is 0. The molecule has 2 unspecified atom stereocenters. The molecule has 1 nitrogen and oxygen atoms in total. The fraction of sp³-hybridized carbons (Fsp3) is 0.944. The summed E-state index contributed by atoms with van der Waals surface area (Å²) < 4.78 is 0. The third-order valence-electron chi connectivity index (χ3n) is 4.17. The second kappa shape index (κ2) is 16.7. The van der Waals surface area contributed by atoms with E-state index in [4.69, 9.17) is 0 Å². The lowest BCUT2D eigenvalue weighted by atomic mass is 10.0. The van der Waals surface area contributed by atoms with Gasteiger partial charge in [-0.25, -0.2) is 0 Å². The van der Waals surface area contributed by atoms with Gasteiger partial charge in [-0.3, -0.25) is 0 Å². The molecule has 0 aliphatic carbocycles.